The summed E-state index contributed by atoms with van der Waals surface area (Å²) in [6.07, 6.45) is 0. The van der Waals surface area contributed by atoms with Crippen molar-refractivity contribution >= 4 is 5.91 Å². The highest BCUT2D eigenvalue weighted by molar-refractivity contribution is 6.00. The summed E-state index contributed by atoms with van der Waals surface area (Å²) in [6, 6.07) is 12.1. The molecule has 26 heavy (non-hydrogen) atoms. The first kappa shape index (κ1) is 16.0. The van der Waals surface area contributed by atoms with Crippen molar-refractivity contribution in [2.75, 3.05) is 14.2 Å². The first-order chi connectivity index (χ1) is 12.6. The van der Waals surface area contributed by atoms with Crippen LogP contribution in [0.1, 0.15) is 27.7 Å². The van der Waals surface area contributed by atoms with Crippen LogP contribution in [0, 0.1) is 0 Å². The van der Waals surface area contributed by atoms with Crippen molar-refractivity contribution in [2.45, 2.75) is 6.04 Å². The minimum absolute atomic E-state index is 0.0448. The zero-order valence-electron chi connectivity index (χ0n) is 14.2. The van der Waals surface area contributed by atoms with Gasteiger partial charge in [-0.05, 0) is 42.0 Å². The zero-order chi connectivity index (χ0) is 18.3. The number of H-pyrrole nitrogens is 1. The third-order valence-corrected chi connectivity index (χ3v) is 4.50. The van der Waals surface area contributed by atoms with E-state index in [9.17, 15) is 9.90 Å². The van der Waals surface area contributed by atoms with E-state index in [2.05, 4.69) is 15.5 Å². The molecular weight excluding hydrogens is 334 g/mol. The number of benzene rings is 2. The van der Waals surface area contributed by atoms with Gasteiger partial charge in [-0.3, -0.25) is 9.89 Å². The van der Waals surface area contributed by atoms with Crippen molar-refractivity contribution in [3.63, 3.8) is 0 Å². The SMILES string of the molecule is COc1ccc(-c2n[nH]c3c2[C@H](c2ccc(O)c(OC)c2)NC3=O)cc1. The number of hydrogen-bond donors (Lipinski definition) is 3. The molecule has 0 saturated heterocycles. The molecule has 1 amide bonds. The number of carbonyl (C=O) groups is 1. The standard InChI is InChI=1S/C19H17N3O4/c1-25-12-6-3-10(4-7-12)17-15-16(20-19(24)18(15)22-21-17)11-5-8-13(23)14(9-11)26-2/h3-9,16,23H,1-2H3,(H,20,24)(H,21,22)/t16-/m0/s1. The maximum absolute atomic E-state index is 12.3. The molecule has 1 aromatic heterocycles. The van der Waals surface area contributed by atoms with Gasteiger partial charge in [0, 0.05) is 11.1 Å². The monoisotopic (exact) mass is 351 g/mol. The first-order valence-electron chi connectivity index (χ1n) is 8.03. The van der Waals surface area contributed by atoms with Crippen molar-refractivity contribution in [1.82, 2.24) is 15.5 Å². The number of amides is 1. The van der Waals surface area contributed by atoms with E-state index >= 15 is 0 Å². The molecule has 0 saturated carbocycles. The summed E-state index contributed by atoms with van der Waals surface area (Å²) < 4.78 is 10.4. The lowest BCUT2D eigenvalue weighted by atomic mass is 9.96. The molecule has 132 valence electrons. The fraction of sp³-hybridized carbons (Fsp3) is 0.158. The number of hydrogen-bond acceptors (Lipinski definition) is 5. The quantitative estimate of drug-likeness (QED) is 0.671. The van der Waals surface area contributed by atoms with E-state index in [4.69, 9.17) is 9.47 Å². The summed E-state index contributed by atoms with van der Waals surface area (Å²) in [5.41, 5.74) is 3.57. The lowest BCUT2D eigenvalue weighted by Gasteiger charge is -2.15. The summed E-state index contributed by atoms with van der Waals surface area (Å²) in [4.78, 5) is 12.3. The maximum atomic E-state index is 12.3. The topological polar surface area (TPSA) is 96.5 Å². The average molecular weight is 351 g/mol. The number of phenols is 1. The normalized spacial score (nSPS) is 15.5. The molecule has 3 aromatic rings. The Kier molecular flexibility index (Phi) is 3.76. The van der Waals surface area contributed by atoms with Crippen LogP contribution in [0.5, 0.6) is 17.2 Å². The molecule has 7 heteroatoms. The predicted molar refractivity (Wildman–Crippen MR) is 94.5 cm³/mol. The van der Waals surface area contributed by atoms with Gasteiger partial charge in [0.05, 0.1) is 26.0 Å². The molecule has 1 atom stereocenters. The Labute approximate surface area is 149 Å². The number of nitrogens with one attached hydrogen (secondary N) is 2. The van der Waals surface area contributed by atoms with E-state index in [-0.39, 0.29) is 17.7 Å². The van der Waals surface area contributed by atoms with E-state index in [0.29, 0.717) is 17.1 Å². The van der Waals surface area contributed by atoms with Crippen LogP contribution in [-0.4, -0.2) is 35.4 Å². The van der Waals surface area contributed by atoms with Gasteiger partial charge in [0.15, 0.2) is 11.5 Å². The molecule has 1 aliphatic heterocycles. The van der Waals surface area contributed by atoms with E-state index in [1.54, 1.807) is 25.3 Å². The van der Waals surface area contributed by atoms with Crippen LogP contribution >= 0.6 is 0 Å². The van der Waals surface area contributed by atoms with Gasteiger partial charge in [-0.15, -0.1) is 0 Å². The number of phenolic OH excluding ortho intramolecular Hbond substituents is 1. The fourth-order valence-electron chi connectivity index (χ4n) is 3.17. The van der Waals surface area contributed by atoms with Crippen LogP contribution in [0.4, 0.5) is 0 Å². The van der Waals surface area contributed by atoms with Crippen molar-refractivity contribution in [1.29, 1.82) is 0 Å². The molecule has 0 unspecified atom stereocenters. The number of aromatic amines is 1. The number of aromatic nitrogens is 2. The average Bonchev–Trinajstić information content (AvgIpc) is 3.24. The fourth-order valence-corrected chi connectivity index (χ4v) is 3.17. The Morgan fingerprint density at radius 1 is 1.08 bits per heavy atom. The predicted octanol–water partition coefficient (Wildman–Crippen LogP) is 2.63. The maximum Gasteiger partial charge on any atom is 0.270 e. The lowest BCUT2D eigenvalue weighted by molar-refractivity contribution is 0.0955. The molecule has 1 aliphatic rings. The molecule has 0 fully saturated rings. The number of ether oxygens (including phenoxy) is 2. The second-order valence-corrected chi connectivity index (χ2v) is 5.93. The number of methoxy groups -OCH3 is 2. The minimum Gasteiger partial charge on any atom is -0.504 e. The van der Waals surface area contributed by atoms with Gasteiger partial charge >= 0.3 is 0 Å². The smallest absolute Gasteiger partial charge is 0.270 e. The largest absolute Gasteiger partial charge is 0.504 e. The highest BCUT2D eigenvalue weighted by atomic mass is 16.5. The highest BCUT2D eigenvalue weighted by Crippen LogP contribution is 2.39. The Bertz CT molecular complexity index is 979. The minimum atomic E-state index is -0.386. The van der Waals surface area contributed by atoms with Gasteiger partial charge in [-0.2, -0.15) is 5.10 Å². The van der Waals surface area contributed by atoms with Gasteiger partial charge in [-0.25, -0.2) is 0 Å². The molecular formula is C19H17N3O4. The molecule has 2 heterocycles. The van der Waals surface area contributed by atoms with Gasteiger partial charge < -0.3 is 19.9 Å². The first-order valence-corrected chi connectivity index (χ1v) is 8.03. The molecule has 4 rings (SSSR count). The van der Waals surface area contributed by atoms with Crippen molar-refractivity contribution in [3.8, 4) is 28.5 Å². The van der Waals surface area contributed by atoms with Crippen LogP contribution in [0.25, 0.3) is 11.3 Å². The van der Waals surface area contributed by atoms with Gasteiger partial charge in [0.1, 0.15) is 11.4 Å². The Hall–Kier alpha value is -3.48. The summed E-state index contributed by atoms with van der Waals surface area (Å²) in [6.45, 7) is 0. The van der Waals surface area contributed by atoms with E-state index < -0.39 is 0 Å². The van der Waals surface area contributed by atoms with Gasteiger partial charge in [-0.1, -0.05) is 6.07 Å². The summed E-state index contributed by atoms with van der Waals surface area (Å²) >= 11 is 0. The third-order valence-electron chi connectivity index (χ3n) is 4.50. The molecule has 0 aliphatic carbocycles. The van der Waals surface area contributed by atoms with Crippen LogP contribution in [0.3, 0.4) is 0 Å². The highest BCUT2D eigenvalue weighted by Gasteiger charge is 2.35. The number of fused-ring (bicyclic) bond motifs is 1. The van der Waals surface area contributed by atoms with Gasteiger partial charge in [0.2, 0.25) is 0 Å². The van der Waals surface area contributed by atoms with Gasteiger partial charge in [0.25, 0.3) is 5.91 Å². The van der Waals surface area contributed by atoms with E-state index in [0.717, 1.165) is 22.4 Å². The number of carbonyl (C=O) groups excluding carboxylic acids is 1. The molecule has 7 nitrogen and oxygen atoms in total. The van der Waals surface area contributed by atoms with Crippen LogP contribution in [-0.2, 0) is 0 Å². The van der Waals surface area contributed by atoms with Crippen molar-refractivity contribution in [3.05, 3.63) is 59.3 Å². The molecule has 0 bridgehead atoms. The molecule has 0 radical (unpaired) electrons. The Balaban J connectivity index is 1.81. The Morgan fingerprint density at radius 3 is 2.54 bits per heavy atom. The van der Waals surface area contributed by atoms with Crippen LogP contribution in [0.15, 0.2) is 42.5 Å². The number of nitrogens with zero attached hydrogens (tertiary/aromatic N) is 1. The van der Waals surface area contributed by atoms with Crippen molar-refractivity contribution in [2.24, 2.45) is 0 Å². The van der Waals surface area contributed by atoms with Crippen LogP contribution in [0.2, 0.25) is 0 Å². The molecule has 2 aromatic carbocycles. The lowest BCUT2D eigenvalue weighted by Crippen LogP contribution is -2.21. The zero-order valence-corrected chi connectivity index (χ0v) is 14.2. The second kappa shape index (κ2) is 6.11. The molecule has 3 N–H and O–H groups in total. The molecule has 0 spiro atoms. The number of rotatable bonds is 4. The van der Waals surface area contributed by atoms with Crippen molar-refractivity contribution < 1.29 is 19.4 Å². The van der Waals surface area contributed by atoms with Crippen LogP contribution < -0.4 is 14.8 Å². The summed E-state index contributed by atoms with van der Waals surface area (Å²) in [5.74, 6) is 0.919. The Morgan fingerprint density at radius 2 is 1.85 bits per heavy atom. The summed E-state index contributed by atoms with van der Waals surface area (Å²) in [5, 5.41) is 19.9. The summed E-state index contributed by atoms with van der Waals surface area (Å²) in [7, 11) is 3.09. The second-order valence-electron chi connectivity index (χ2n) is 5.93. The number of aromatic hydroxyl groups is 1. The van der Waals surface area contributed by atoms with E-state index in [1.807, 2.05) is 24.3 Å². The van der Waals surface area contributed by atoms with E-state index in [1.165, 1.54) is 7.11 Å². The third kappa shape index (κ3) is 2.45.